The van der Waals surface area contributed by atoms with Crippen LogP contribution in [0.5, 0.6) is 0 Å². The predicted molar refractivity (Wildman–Crippen MR) is 56.8 cm³/mol. The van der Waals surface area contributed by atoms with Gasteiger partial charge in [-0.3, -0.25) is 0 Å². The van der Waals surface area contributed by atoms with Crippen LogP contribution in [0.25, 0.3) is 0 Å². The van der Waals surface area contributed by atoms with E-state index in [1.54, 1.807) is 18.2 Å². The predicted octanol–water partition coefficient (Wildman–Crippen LogP) is 2.02. The molecule has 7 heteroatoms. The van der Waals surface area contributed by atoms with Gasteiger partial charge in [0.1, 0.15) is 0 Å². The molecule has 1 aromatic carbocycles. The molecule has 0 amide bonds. The van der Waals surface area contributed by atoms with Crippen molar-refractivity contribution < 1.29 is 8.42 Å². The van der Waals surface area contributed by atoms with E-state index in [1.165, 1.54) is 12.1 Å². The summed E-state index contributed by atoms with van der Waals surface area (Å²) in [6, 6.07) is 8.05. The molecule has 15 heavy (non-hydrogen) atoms. The van der Waals surface area contributed by atoms with Gasteiger partial charge in [0.05, 0.1) is 4.90 Å². The second-order valence-corrected chi connectivity index (χ2v) is 6.32. The van der Waals surface area contributed by atoms with Crippen molar-refractivity contribution in [2.24, 2.45) is 0 Å². The third kappa shape index (κ3) is 2.01. The Balaban J connectivity index is 2.54. The van der Waals surface area contributed by atoms with E-state index >= 15 is 0 Å². The fraction of sp³-hybridized carbons (Fsp3) is 0. The summed E-state index contributed by atoms with van der Waals surface area (Å²) >= 11 is 6.38. The molecule has 0 fully saturated rings. The molecule has 0 spiro atoms. The minimum Gasteiger partial charge on any atom is -0.216 e. The molecule has 2 rings (SSSR count). The van der Waals surface area contributed by atoms with Crippen LogP contribution in [-0.2, 0) is 9.84 Å². The van der Waals surface area contributed by atoms with Crippen LogP contribution in [-0.4, -0.2) is 18.6 Å². The van der Waals surface area contributed by atoms with E-state index in [-0.39, 0.29) is 13.7 Å². The molecule has 0 unspecified atom stereocenters. The fourth-order valence-corrected chi connectivity index (χ4v) is 3.53. The summed E-state index contributed by atoms with van der Waals surface area (Å²) in [6.45, 7) is 0. The minimum atomic E-state index is -3.56. The Morgan fingerprint density at radius 1 is 1.13 bits per heavy atom. The van der Waals surface area contributed by atoms with E-state index in [0.717, 1.165) is 11.3 Å². The van der Waals surface area contributed by atoms with Gasteiger partial charge in [-0.15, -0.1) is 10.2 Å². The number of benzene rings is 1. The molecule has 1 heterocycles. The van der Waals surface area contributed by atoms with Crippen LogP contribution in [0.3, 0.4) is 0 Å². The Morgan fingerprint density at radius 3 is 2.33 bits per heavy atom. The van der Waals surface area contributed by atoms with Crippen molar-refractivity contribution in [2.75, 3.05) is 0 Å². The summed E-state index contributed by atoms with van der Waals surface area (Å²) in [6.07, 6.45) is 0. The summed E-state index contributed by atoms with van der Waals surface area (Å²) < 4.78 is 23.8. The SMILES string of the molecule is O=S(=O)(c1ccccc1)c1nnc(Cl)s1. The van der Waals surface area contributed by atoms with Crippen LogP contribution in [0.1, 0.15) is 0 Å². The number of halogens is 1. The third-order valence-corrected chi connectivity index (χ3v) is 4.82. The molecular weight excluding hydrogens is 256 g/mol. The molecule has 0 bridgehead atoms. The first-order valence-electron chi connectivity index (χ1n) is 3.90. The summed E-state index contributed by atoms with van der Waals surface area (Å²) in [5.74, 6) is 0. The molecule has 0 N–H and O–H groups in total. The standard InChI is InChI=1S/C8H5ClN2O2S2/c9-7-10-11-8(14-7)15(12,13)6-4-2-1-3-5-6/h1-5H. The van der Waals surface area contributed by atoms with Crippen molar-refractivity contribution in [1.82, 2.24) is 10.2 Å². The minimum absolute atomic E-state index is 0.0845. The Morgan fingerprint density at radius 2 is 1.80 bits per heavy atom. The number of rotatable bonds is 2. The average Bonchev–Trinajstić information content (AvgIpc) is 2.67. The highest BCUT2D eigenvalue weighted by Gasteiger charge is 2.21. The molecule has 4 nitrogen and oxygen atoms in total. The van der Waals surface area contributed by atoms with Gasteiger partial charge in [-0.2, -0.15) is 0 Å². The summed E-state index contributed by atoms with van der Waals surface area (Å²) in [5, 5.41) is 6.98. The number of hydrogen-bond donors (Lipinski definition) is 0. The summed E-state index contributed by atoms with van der Waals surface area (Å²) in [4.78, 5) is 0.192. The normalized spacial score (nSPS) is 11.5. The molecule has 78 valence electrons. The number of aromatic nitrogens is 2. The smallest absolute Gasteiger partial charge is 0.216 e. The first kappa shape index (κ1) is 10.5. The summed E-state index contributed by atoms with van der Waals surface area (Å²) in [5.41, 5.74) is 0. The Kier molecular flexibility index (Phi) is 2.72. The van der Waals surface area contributed by atoms with E-state index in [2.05, 4.69) is 10.2 Å². The van der Waals surface area contributed by atoms with Crippen LogP contribution in [0.2, 0.25) is 4.47 Å². The zero-order chi connectivity index (χ0) is 10.9. The van der Waals surface area contributed by atoms with Gasteiger partial charge in [0.2, 0.25) is 18.6 Å². The second kappa shape index (κ2) is 3.88. The van der Waals surface area contributed by atoms with E-state index in [4.69, 9.17) is 11.6 Å². The Bertz CT molecular complexity index is 565. The lowest BCUT2D eigenvalue weighted by Gasteiger charge is -1.97. The van der Waals surface area contributed by atoms with E-state index in [9.17, 15) is 8.42 Å². The molecule has 0 saturated heterocycles. The maximum Gasteiger partial charge on any atom is 0.238 e. The highest BCUT2D eigenvalue weighted by atomic mass is 35.5. The van der Waals surface area contributed by atoms with Crippen LogP contribution in [0, 0.1) is 0 Å². The topological polar surface area (TPSA) is 59.9 Å². The van der Waals surface area contributed by atoms with Crippen LogP contribution in [0.15, 0.2) is 39.6 Å². The molecule has 1 aromatic heterocycles. The molecule has 0 saturated carbocycles. The van der Waals surface area contributed by atoms with Gasteiger partial charge in [0, 0.05) is 0 Å². The maximum absolute atomic E-state index is 11.9. The van der Waals surface area contributed by atoms with Gasteiger partial charge in [0.25, 0.3) is 0 Å². The van der Waals surface area contributed by atoms with Gasteiger partial charge < -0.3 is 0 Å². The van der Waals surface area contributed by atoms with Gasteiger partial charge >= 0.3 is 0 Å². The lowest BCUT2D eigenvalue weighted by molar-refractivity contribution is 0.594. The van der Waals surface area contributed by atoms with Crippen molar-refractivity contribution in [3.05, 3.63) is 34.8 Å². The van der Waals surface area contributed by atoms with E-state index in [0.29, 0.717) is 0 Å². The maximum atomic E-state index is 11.9. The first-order chi connectivity index (χ1) is 7.10. The highest BCUT2D eigenvalue weighted by Crippen LogP contribution is 2.25. The molecule has 0 aliphatic heterocycles. The molecule has 0 aliphatic carbocycles. The third-order valence-electron chi connectivity index (χ3n) is 1.67. The molecule has 0 radical (unpaired) electrons. The van der Waals surface area contributed by atoms with Gasteiger partial charge in [-0.1, -0.05) is 29.5 Å². The largest absolute Gasteiger partial charge is 0.238 e. The van der Waals surface area contributed by atoms with Crippen molar-refractivity contribution in [1.29, 1.82) is 0 Å². The van der Waals surface area contributed by atoms with Crippen molar-refractivity contribution in [3.8, 4) is 0 Å². The highest BCUT2D eigenvalue weighted by molar-refractivity contribution is 7.93. The zero-order valence-electron chi connectivity index (χ0n) is 7.29. The average molecular weight is 261 g/mol. The quantitative estimate of drug-likeness (QED) is 0.829. The van der Waals surface area contributed by atoms with Crippen LogP contribution < -0.4 is 0 Å². The molecule has 0 aliphatic rings. The monoisotopic (exact) mass is 260 g/mol. The molecule has 2 aromatic rings. The fourth-order valence-electron chi connectivity index (χ4n) is 1.00. The van der Waals surface area contributed by atoms with E-state index in [1.807, 2.05) is 0 Å². The molecular formula is C8H5ClN2O2S2. The van der Waals surface area contributed by atoms with Crippen LogP contribution >= 0.6 is 22.9 Å². The zero-order valence-corrected chi connectivity index (χ0v) is 9.68. The van der Waals surface area contributed by atoms with Gasteiger partial charge in [-0.25, -0.2) is 8.42 Å². The van der Waals surface area contributed by atoms with Crippen molar-refractivity contribution in [3.63, 3.8) is 0 Å². The van der Waals surface area contributed by atoms with Gasteiger partial charge in [-0.05, 0) is 23.7 Å². The Hall–Kier alpha value is -0.980. The van der Waals surface area contributed by atoms with Crippen molar-refractivity contribution in [2.45, 2.75) is 9.24 Å². The van der Waals surface area contributed by atoms with Gasteiger partial charge in [0.15, 0.2) is 0 Å². The van der Waals surface area contributed by atoms with E-state index < -0.39 is 9.84 Å². The first-order valence-corrected chi connectivity index (χ1v) is 6.57. The van der Waals surface area contributed by atoms with Crippen LogP contribution in [0.4, 0.5) is 0 Å². The lowest BCUT2D eigenvalue weighted by atomic mass is 10.4. The summed E-state index contributed by atoms with van der Waals surface area (Å²) in [7, 11) is -3.56. The lowest BCUT2D eigenvalue weighted by Crippen LogP contribution is -2.00. The number of hydrogen-bond acceptors (Lipinski definition) is 5. The number of sulfone groups is 1. The van der Waals surface area contributed by atoms with Crippen molar-refractivity contribution >= 4 is 32.8 Å². The molecule has 0 atom stereocenters. The second-order valence-electron chi connectivity index (χ2n) is 2.64. The Labute approximate surface area is 95.5 Å². The number of nitrogens with zero attached hydrogens (tertiary/aromatic N) is 2.